The first kappa shape index (κ1) is 16.1. The van der Waals surface area contributed by atoms with Gasteiger partial charge in [-0.3, -0.25) is 4.79 Å². The molecule has 1 amide bonds. The zero-order chi connectivity index (χ0) is 14.1. The van der Waals surface area contributed by atoms with Crippen molar-refractivity contribution in [2.75, 3.05) is 18.1 Å². The van der Waals surface area contributed by atoms with E-state index in [1.165, 1.54) is 5.56 Å². The number of thioether (sulfide) groups is 1. The molecule has 0 radical (unpaired) electrons. The molecule has 0 heterocycles. The highest BCUT2D eigenvalue weighted by Gasteiger charge is 2.10. The molecule has 1 unspecified atom stereocenters. The van der Waals surface area contributed by atoms with Gasteiger partial charge < -0.3 is 10.4 Å². The number of carbonyl (C=O) groups excluding carboxylic acids is 1. The topological polar surface area (TPSA) is 49.3 Å². The van der Waals surface area contributed by atoms with E-state index in [-0.39, 0.29) is 11.8 Å². The van der Waals surface area contributed by atoms with E-state index in [1.807, 2.05) is 32.0 Å². The van der Waals surface area contributed by atoms with Crippen LogP contribution in [0.15, 0.2) is 30.3 Å². The number of rotatable bonds is 8. The first-order valence-electron chi connectivity index (χ1n) is 6.66. The van der Waals surface area contributed by atoms with E-state index < -0.39 is 6.10 Å². The summed E-state index contributed by atoms with van der Waals surface area (Å²) in [6, 6.07) is 10.3. The molecule has 4 heteroatoms. The Morgan fingerprint density at radius 1 is 1.32 bits per heavy atom. The lowest BCUT2D eigenvalue weighted by atomic mass is 10.1. The fraction of sp³-hybridized carbons (Fsp3) is 0.533. The van der Waals surface area contributed by atoms with Crippen molar-refractivity contribution in [1.29, 1.82) is 0 Å². The minimum atomic E-state index is -0.460. The fourth-order valence-corrected chi connectivity index (χ4v) is 2.32. The third-order valence-electron chi connectivity index (χ3n) is 2.89. The van der Waals surface area contributed by atoms with Gasteiger partial charge in [0.15, 0.2) is 0 Å². The number of carbonyl (C=O) groups is 1. The standard InChI is InChI=1S/C15H23NO2S/c1-12(2)14(17)10-16-15(18)11-19-9-8-13-6-4-3-5-7-13/h3-7,12,14,17H,8-11H2,1-2H3,(H,16,18). The van der Waals surface area contributed by atoms with Crippen LogP contribution in [-0.4, -0.2) is 35.2 Å². The zero-order valence-electron chi connectivity index (χ0n) is 11.6. The van der Waals surface area contributed by atoms with Gasteiger partial charge in [-0.05, 0) is 23.7 Å². The Morgan fingerprint density at radius 3 is 2.63 bits per heavy atom. The summed E-state index contributed by atoms with van der Waals surface area (Å²) in [4.78, 5) is 11.5. The minimum absolute atomic E-state index is 0.00207. The van der Waals surface area contributed by atoms with Gasteiger partial charge in [0.2, 0.25) is 5.91 Å². The highest BCUT2D eigenvalue weighted by atomic mass is 32.2. The fourth-order valence-electron chi connectivity index (χ4n) is 1.50. The smallest absolute Gasteiger partial charge is 0.230 e. The number of benzene rings is 1. The lowest BCUT2D eigenvalue weighted by molar-refractivity contribution is -0.119. The molecule has 1 aromatic carbocycles. The van der Waals surface area contributed by atoms with Gasteiger partial charge in [0.05, 0.1) is 11.9 Å². The van der Waals surface area contributed by atoms with Crippen LogP contribution >= 0.6 is 11.8 Å². The molecule has 0 aliphatic heterocycles. The van der Waals surface area contributed by atoms with Gasteiger partial charge in [-0.15, -0.1) is 0 Å². The highest BCUT2D eigenvalue weighted by molar-refractivity contribution is 7.99. The molecule has 1 aromatic rings. The SMILES string of the molecule is CC(C)C(O)CNC(=O)CSCCc1ccccc1. The maximum absolute atomic E-state index is 11.5. The van der Waals surface area contributed by atoms with E-state index >= 15 is 0 Å². The molecule has 0 aromatic heterocycles. The summed E-state index contributed by atoms with van der Waals surface area (Å²) < 4.78 is 0. The number of aliphatic hydroxyl groups is 1. The number of aliphatic hydroxyl groups excluding tert-OH is 1. The number of nitrogens with one attached hydrogen (secondary N) is 1. The summed E-state index contributed by atoms with van der Waals surface area (Å²) in [7, 11) is 0. The maximum Gasteiger partial charge on any atom is 0.230 e. The van der Waals surface area contributed by atoms with Crippen LogP contribution in [0.2, 0.25) is 0 Å². The Balaban J connectivity index is 2.08. The number of amides is 1. The number of hydrogen-bond acceptors (Lipinski definition) is 3. The molecule has 0 saturated heterocycles. The molecule has 0 spiro atoms. The molecule has 0 fully saturated rings. The molecule has 0 bridgehead atoms. The third-order valence-corrected chi connectivity index (χ3v) is 3.85. The molecule has 2 N–H and O–H groups in total. The van der Waals surface area contributed by atoms with E-state index in [0.29, 0.717) is 12.3 Å². The van der Waals surface area contributed by atoms with Crippen LogP contribution in [0.3, 0.4) is 0 Å². The van der Waals surface area contributed by atoms with Gasteiger partial charge in [0, 0.05) is 6.54 Å². The summed E-state index contributed by atoms with van der Waals surface area (Å²) in [5.41, 5.74) is 1.30. The van der Waals surface area contributed by atoms with E-state index in [9.17, 15) is 9.90 Å². The molecule has 106 valence electrons. The second-order valence-corrected chi connectivity index (χ2v) is 6.01. The minimum Gasteiger partial charge on any atom is -0.391 e. The average molecular weight is 281 g/mol. The van der Waals surface area contributed by atoms with Crippen molar-refractivity contribution in [1.82, 2.24) is 5.32 Å². The van der Waals surface area contributed by atoms with Crippen LogP contribution in [-0.2, 0) is 11.2 Å². The van der Waals surface area contributed by atoms with Gasteiger partial charge in [0.25, 0.3) is 0 Å². The molecular weight excluding hydrogens is 258 g/mol. The zero-order valence-corrected chi connectivity index (χ0v) is 12.5. The quantitative estimate of drug-likeness (QED) is 0.717. The van der Waals surface area contributed by atoms with Crippen molar-refractivity contribution in [3.05, 3.63) is 35.9 Å². The molecule has 3 nitrogen and oxygen atoms in total. The van der Waals surface area contributed by atoms with Crippen molar-refractivity contribution in [3.8, 4) is 0 Å². The summed E-state index contributed by atoms with van der Waals surface area (Å²) in [6.07, 6.45) is 0.520. The Kier molecular flexibility index (Phi) is 7.60. The first-order valence-corrected chi connectivity index (χ1v) is 7.81. The average Bonchev–Trinajstić information content (AvgIpc) is 2.42. The Hall–Kier alpha value is -1.00. The largest absolute Gasteiger partial charge is 0.391 e. The lowest BCUT2D eigenvalue weighted by Gasteiger charge is -2.14. The van der Waals surface area contributed by atoms with Gasteiger partial charge in [0.1, 0.15) is 0 Å². The van der Waals surface area contributed by atoms with Crippen molar-refractivity contribution in [2.24, 2.45) is 5.92 Å². The van der Waals surface area contributed by atoms with Crippen molar-refractivity contribution in [2.45, 2.75) is 26.4 Å². The molecule has 1 rings (SSSR count). The lowest BCUT2D eigenvalue weighted by Crippen LogP contribution is -2.35. The molecule has 0 aliphatic carbocycles. The van der Waals surface area contributed by atoms with Gasteiger partial charge >= 0.3 is 0 Å². The predicted octanol–water partition coefficient (Wildman–Crippen LogP) is 2.10. The summed E-state index contributed by atoms with van der Waals surface area (Å²) in [6.45, 7) is 4.21. The summed E-state index contributed by atoms with van der Waals surface area (Å²) >= 11 is 1.62. The van der Waals surface area contributed by atoms with Crippen LogP contribution < -0.4 is 5.32 Å². The molecular formula is C15H23NO2S. The number of aryl methyl sites for hydroxylation is 1. The molecule has 19 heavy (non-hydrogen) atoms. The molecule has 0 saturated carbocycles. The Morgan fingerprint density at radius 2 is 2.00 bits per heavy atom. The Bertz CT molecular complexity index is 368. The van der Waals surface area contributed by atoms with Crippen LogP contribution in [0.5, 0.6) is 0 Å². The second-order valence-electron chi connectivity index (χ2n) is 4.90. The Labute approximate surface area is 119 Å². The van der Waals surface area contributed by atoms with Crippen LogP contribution in [0.1, 0.15) is 19.4 Å². The van der Waals surface area contributed by atoms with Crippen molar-refractivity contribution in [3.63, 3.8) is 0 Å². The van der Waals surface area contributed by atoms with Gasteiger partial charge in [-0.25, -0.2) is 0 Å². The summed E-state index contributed by atoms with van der Waals surface area (Å²) in [5, 5.41) is 12.3. The van der Waals surface area contributed by atoms with Crippen LogP contribution in [0, 0.1) is 5.92 Å². The van der Waals surface area contributed by atoms with Crippen LogP contribution in [0.4, 0.5) is 0 Å². The van der Waals surface area contributed by atoms with Crippen molar-refractivity contribution >= 4 is 17.7 Å². The van der Waals surface area contributed by atoms with Gasteiger partial charge in [-0.1, -0.05) is 44.2 Å². The van der Waals surface area contributed by atoms with E-state index in [1.54, 1.807) is 11.8 Å². The maximum atomic E-state index is 11.5. The number of hydrogen-bond donors (Lipinski definition) is 2. The van der Waals surface area contributed by atoms with E-state index in [0.717, 1.165) is 12.2 Å². The van der Waals surface area contributed by atoms with E-state index in [2.05, 4.69) is 17.4 Å². The van der Waals surface area contributed by atoms with Gasteiger partial charge in [-0.2, -0.15) is 11.8 Å². The molecule has 0 aliphatic rings. The van der Waals surface area contributed by atoms with Crippen molar-refractivity contribution < 1.29 is 9.90 Å². The van der Waals surface area contributed by atoms with Crippen LogP contribution in [0.25, 0.3) is 0 Å². The summed E-state index contributed by atoms with van der Waals surface area (Å²) in [5.74, 6) is 1.56. The second kappa shape index (κ2) is 8.99. The highest BCUT2D eigenvalue weighted by Crippen LogP contribution is 2.06. The third kappa shape index (κ3) is 7.23. The predicted molar refractivity (Wildman–Crippen MR) is 81.3 cm³/mol. The van der Waals surface area contributed by atoms with E-state index in [4.69, 9.17) is 0 Å². The monoisotopic (exact) mass is 281 g/mol. The molecule has 1 atom stereocenters. The first-order chi connectivity index (χ1) is 9.09. The normalized spacial score (nSPS) is 12.4.